The molecule has 0 amide bonds. The molecule has 160 valence electrons. The van der Waals surface area contributed by atoms with E-state index in [1.165, 1.54) is 25.7 Å². The number of hydrogen-bond acceptors (Lipinski definition) is 3. The van der Waals surface area contributed by atoms with Gasteiger partial charge in [-0.3, -0.25) is 4.79 Å². The van der Waals surface area contributed by atoms with Gasteiger partial charge in [0.15, 0.2) is 0 Å². The number of rotatable bonds is 4. The minimum absolute atomic E-state index is 0.176. The number of aliphatic hydroxyl groups excluding tert-OH is 2. The summed E-state index contributed by atoms with van der Waals surface area (Å²) < 4.78 is 0. The van der Waals surface area contributed by atoms with Gasteiger partial charge in [0.25, 0.3) is 0 Å². The van der Waals surface area contributed by atoms with E-state index in [0.29, 0.717) is 35.0 Å². The lowest BCUT2D eigenvalue weighted by molar-refractivity contribution is -0.172. The van der Waals surface area contributed by atoms with Crippen molar-refractivity contribution in [2.24, 2.45) is 46.3 Å². The predicted molar refractivity (Wildman–Crippen MR) is 109 cm³/mol. The molecule has 4 heteroatoms. The number of aliphatic carboxylic acids is 1. The molecule has 4 rings (SSSR count). The molecule has 0 aromatic rings. The standard InChI is InChI=1S/C24H40O4/c1-14(4-7-22(27)28)17-5-6-18-16-13-21(26)20-12-15(25)8-10-24(20,3)19(16)9-11-23(17,18)2/h14-21,25-26H,4-13H2,1-3H3,(H,27,28)/t14-,15-,16+,17-,18+,19+,20+,21+,23-,24-/m0/s1. The molecule has 0 aliphatic heterocycles. The number of hydrogen-bond donors (Lipinski definition) is 3. The second-order valence-corrected chi connectivity index (χ2v) is 11.4. The van der Waals surface area contributed by atoms with Crippen LogP contribution >= 0.6 is 0 Å². The maximum atomic E-state index is 11.1. The third-order valence-corrected chi connectivity index (χ3v) is 10.2. The van der Waals surface area contributed by atoms with Crippen LogP contribution in [0.1, 0.15) is 85.0 Å². The van der Waals surface area contributed by atoms with Gasteiger partial charge >= 0.3 is 5.97 Å². The van der Waals surface area contributed by atoms with Gasteiger partial charge in [-0.05, 0) is 104 Å². The normalized spacial score (nSPS) is 51.7. The van der Waals surface area contributed by atoms with Crippen molar-refractivity contribution in [3.05, 3.63) is 0 Å². The fraction of sp³-hybridized carbons (Fsp3) is 0.958. The Kier molecular flexibility index (Phi) is 5.36. The number of aliphatic hydroxyl groups is 2. The van der Waals surface area contributed by atoms with E-state index in [2.05, 4.69) is 20.8 Å². The summed E-state index contributed by atoms with van der Waals surface area (Å²) in [7, 11) is 0. The highest BCUT2D eigenvalue weighted by Crippen LogP contribution is 2.68. The summed E-state index contributed by atoms with van der Waals surface area (Å²) in [6.45, 7) is 7.16. The molecule has 3 N–H and O–H groups in total. The zero-order chi connectivity index (χ0) is 20.3. The smallest absolute Gasteiger partial charge is 0.303 e. The Balaban J connectivity index is 1.55. The second-order valence-electron chi connectivity index (χ2n) is 11.4. The largest absolute Gasteiger partial charge is 0.481 e. The summed E-state index contributed by atoms with van der Waals surface area (Å²) in [6.07, 6.45) is 9.16. The molecule has 0 unspecified atom stereocenters. The van der Waals surface area contributed by atoms with Crippen molar-refractivity contribution in [1.29, 1.82) is 0 Å². The minimum Gasteiger partial charge on any atom is -0.481 e. The summed E-state index contributed by atoms with van der Waals surface area (Å²) in [5.74, 6) is 2.61. The molecule has 0 spiro atoms. The number of carbonyl (C=O) groups is 1. The molecule has 0 radical (unpaired) electrons. The lowest BCUT2D eigenvalue weighted by atomic mass is 9.44. The molecular formula is C24H40O4. The Hall–Kier alpha value is -0.610. The van der Waals surface area contributed by atoms with Crippen LogP contribution < -0.4 is 0 Å². The molecule has 28 heavy (non-hydrogen) atoms. The van der Waals surface area contributed by atoms with E-state index in [1.807, 2.05) is 0 Å². The molecule has 0 aromatic carbocycles. The van der Waals surface area contributed by atoms with Gasteiger partial charge in [0.05, 0.1) is 12.2 Å². The molecule has 10 atom stereocenters. The zero-order valence-corrected chi connectivity index (χ0v) is 17.9. The highest BCUT2D eigenvalue weighted by molar-refractivity contribution is 5.66. The Morgan fingerprint density at radius 2 is 1.64 bits per heavy atom. The third-order valence-electron chi connectivity index (χ3n) is 10.2. The van der Waals surface area contributed by atoms with Crippen LogP contribution in [0.4, 0.5) is 0 Å². The Morgan fingerprint density at radius 3 is 2.36 bits per heavy atom. The molecule has 4 saturated carbocycles. The maximum absolute atomic E-state index is 11.1. The molecular weight excluding hydrogens is 352 g/mol. The minimum atomic E-state index is -0.677. The second kappa shape index (κ2) is 7.27. The lowest BCUT2D eigenvalue weighted by Gasteiger charge is -2.62. The Labute approximate surface area is 170 Å². The van der Waals surface area contributed by atoms with Gasteiger partial charge in [0, 0.05) is 6.42 Å². The van der Waals surface area contributed by atoms with Gasteiger partial charge in [0.1, 0.15) is 0 Å². The first kappa shape index (κ1) is 20.7. The number of carboxylic acids is 1. The van der Waals surface area contributed by atoms with E-state index in [0.717, 1.165) is 32.1 Å². The molecule has 0 aromatic heterocycles. The van der Waals surface area contributed by atoms with E-state index in [9.17, 15) is 15.0 Å². The first-order chi connectivity index (χ1) is 13.2. The van der Waals surface area contributed by atoms with Crippen LogP contribution in [0.2, 0.25) is 0 Å². The van der Waals surface area contributed by atoms with Crippen molar-refractivity contribution in [3.8, 4) is 0 Å². The van der Waals surface area contributed by atoms with Crippen molar-refractivity contribution in [3.63, 3.8) is 0 Å². The molecule has 4 aliphatic carbocycles. The monoisotopic (exact) mass is 392 g/mol. The van der Waals surface area contributed by atoms with Gasteiger partial charge < -0.3 is 15.3 Å². The number of fused-ring (bicyclic) bond motifs is 5. The maximum Gasteiger partial charge on any atom is 0.303 e. The summed E-state index contributed by atoms with van der Waals surface area (Å²) in [6, 6.07) is 0. The highest BCUT2D eigenvalue weighted by atomic mass is 16.4. The van der Waals surface area contributed by atoms with Gasteiger partial charge in [0.2, 0.25) is 0 Å². The summed E-state index contributed by atoms with van der Waals surface area (Å²) in [5, 5.41) is 30.4. The molecule has 4 nitrogen and oxygen atoms in total. The zero-order valence-electron chi connectivity index (χ0n) is 17.9. The van der Waals surface area contributed by atoms with Crippen LogP contribution in [-0.2, 0) is 4.79 Å². The summed E-state index contributed by atoms with van der Waals surface area (Å²) in [5.41, 5.74) is 0.478. The van der Waals surface area contributed by atoms with Crippen LogP contribution in [0.15, 0.2) is 0 Å². The molecule has 0 saturated heterocycles. The first-order valence-corrected chi connectivity index (χ1v) is 11.7. The quantitative estimate of drug-likeness (QED) is 0.659. The lowest BCUT2D eigenvalue weighted by Crippen LogP contribution is -2.58. The Bertz CT molecular complexity index is 605. The van der Waals surface area contributed by atoms with Crippen LogP contribution in [0, 0.1) is 46.3 Å². The predicted octanol–water partition coefficient (Wildman–Crippen LogP) is 4.48. The average molecular weight is 393 g/mol. The van der Waals surface area contributed by atoms with Crippen molar-refractivity contribution >= 4 is 5.97 Å². The van der Waals surface area contributed by atoms with Gasteiger partial charge in [-0.15, -0.1) is 0 Å². The fourth-order valence-corrected chi connectivity index (χ4v) is 8.81. The van der Waals surface area contributed by atoms with E-state index in [-0.39, 0.29) is 30.0 Å². The van der Waals surface area contributed by atoms with E-state index in [1.54, 1.807) is 0 Å². The molecule has 4 fully saturated rings. The number of carboxylic acid groups (broad SMARTS) is 1. The highest BCUT2D eigenvalue weighted by Gasteiger charge is 2.62. The van der Waals surface area contributed by atoms with Crippen LogP contribution in [0.25, 0.3) is 0 Å². The van der Waals surface area contributed by atoms with E-state index in [4.69, 9.17) is 5.11 Å². The summed E-state index contributed by atoms with van der Waals surface area (Å²) in [4.78, 5) is 11.1. The van der Waals surface area contributed by atoms with Crippen LogP contribution in [0.3, 0.4) is 0 Å². The van der Waals surface area contributed by atoms with Gasteiger partial charge in [-0.2, -0.15) is 0 Å². The van der Waals surface area contributed by atoms with Gasteiger partial charge in [-0.25, -0.2) is 0 Å². The molecule has 0 bridgehead atoms. The van der Waals surface area contributed by atoms with Crippen LogP contribution in [0.5, 0.6) is 0 Å². The van der Waals surface area contributed by atoms with Gasteiger partial charge in [-0.1, -0.05) is 20.8 Å². The van der Waals surface area contributed by atoms with Crippen molar-refractivity contribution in [1.82, 2.24) is 0 Å². The van der Waals surface area contributed by atoms with Crippen LogP contribution in [-0.4, -0.2) is 33.5 Å². The molecule has 4 aliphatic rings. The Morgan fingerprint density at radius 1 is 0.964 bits per heavy atom. The SMILES string of the molecule is C[C@@H](CCC(=O)O)[C@@H]1CC[C@@H]2[C@H]3C[C@@H](O)[C@H]4C[C@@H](O)CC[C@@]4(C)[C@@H]3CC[C@]21C. The van der Waals surface area contributed by atoms with E-state index < -0.39 is 5.97 Å². The van der Waals surface area contributed by atoms with Crippen molar-refractivity contribution < 1.29 is 20.1 Å². The summed E-state index contributed by atoms with van der Waals surface area (Å²) >= 11 is 0. The third kappa shape index (κ3) is 3.14. The van der Waals surface area contributed by atoms with Crippen molar-refractivity contribution in [2.45, 2.75) is 97.2 Å². The first-order valence-electron chi connectivity index (χ1n) is 11.7. The topological polar surface area (TPSA) is 77.8 Å². The molecule has 0 heterocycles. The fourth-order valence-electron chi connectivity index (χ4n) is 8.81. The van der Waals surface area contributed by atoms with E-state index >= 15 is 0 Å². The average Bonchev–Trinajstić information content (AvgIpc) is 2.99. The van der Waals surface area contributed by atoms with Crippen molar-refractivity contribution in [2.75, 3.05) is 0 Å².